The highest BCUT2D eigenvalue weighted by Gasteiger charge is 2.43. The topological polar surface area (TPSA) is 127 Å². The van der Waals surface area contributed by atoms with E-state index in [0.29, 0.717) is 23.7 Å². The maximum absolute atomic E-state index is 13.2. The number of nitrogens with two attached hydrogens (primary N) is 1. The number of aromatic nitrogens is 1. The number of anilines is 1. The molecule has 2 aliphatic rings. The summed E-state index contributed by atoms with van der Waals surface area (Å²) in [5.41, 5.74) is 4.24. The Labute approximate surface area is 228 Å². The number of halogens is 4. The number of hydrogen-bond acceptors (Lipinski definition) is 6. The van der Waals surface area contributed by atoms with Crippen molar-refractivity contribution < 1.29 is 32.3 Å². The fraction of sp³-hybridized carbons (Fsp3) is 0.462. The molecule has 4 N–H and O–H groups in total. The fourth-order valence-electron chi connectivity index (χ4n) is 5.09. The van der Waals surface area contributed by atoms with Gasteiger partial charge in [-0.05, 0) is 69.9 Å². The quantitative estimate of drug-likeness (QED) is 0.447. The van der Waals surface area contributed by atoms with Crippen LogP contribution >= 0.6 is 11.6 Å². The van der Waals surface area contributed by atoms with Crippen LogP contribution in [-0.4, -0.2) is 59.2 Å². The van der Waals surface area contributed by atoms with Crippen molar-refractivity contribution in [3.63, 3.8) is 0 Å². The average molecular weight is 568 g/mol. The minimum Gasteiger partial charge on any atom is -0.477 e. The van der Waals surface area contributed by atoms with Gasteiger partial charge in [0.15, 0.2) is 5.60 Å². The van der Waals surface area contributed by atoms with Gasteiger partial charge in [-0.2, -0.15) is 13.2 Å². The molecule has 3 atom stereocenters. The molecule has 13 heteroatoms. The van der Waals surface area contributed by atoms with Crippen molar-refractivity contribution in [2.24, 2.45) is 5.73 Å². The summed E-state index contributed by atoms with van der Waals surface area (Å²) < 4.78 is 43.0. The van der Waals surface area contributed by atoms with Gasteiger partial charge in [-0.15, -0.1) is 0 Å². The van der Waals surface area contributed by atoms with Gasteiger partial charge in [-0.25, -0.2) is 4.98 Å². The first-order valence-electron chi connectivity index (χ1n) is 12.4. The number of ether oxygens (including phenoxy) is 1. The van der Waals surface area contributed by atoms with Crippen molar-refractivity contribution in [2.75, 3.05) is 11.4 Å². The molecule has 0 spiro atoms. The first kappa shape index (κ1) is 28.5. The van der Waals surface area contributed by atoms with E-state index in [0.717, 1.165) is 12.8 Å². The van der Waals surface area contributed by atoms with Gasteiger partial charge >= 0.3 is 6.18 Å². The van der Waals surface area contributed by atoms with E-state index >= 15 is 0 Å². The monoisotopic (exact) mass is 567 g/mol. The number of nitrogens with zero attached hydrogens (tertiary/aromatic N) is 2. The highest BCUT2D eigenvalue weighted by Crippen LogP contribution is 2.39. The Bertz CT molecular complexity index is 1240. The summed E-state index contributed by atoms with van der Waals surface area (Å²) in [7, 11) is 0. The number of rotatable bonds is 8. The van der Waals surface area contributed by atoms with Gasteiger partial charge in [0.1, 0.15) is 18.1 Å². The smallest absolute Gasteiger partial charge is 0.405 e. The van der Waals surface area contributed by atoms with Crippen molar-refractivity contribution in [1.29, 1.82) is 0 Å². The van der Waals surface area contributed by atoms with E-state index in [9.17, 15) is 27.6 Å². The molecule has 0 radical (unpaired) electrons. The molecule has 1 unspecified atom stereocenters. The Kier molecular flexibility index (Phi) is 7.97. The van der Waals surface area contributed by atoms with E-state index in [1.54, 1.807) is 26.0 Å². The Morgan fingerprint density at radius 3 is 2.36 bits per heavy atom. The molecule has 9 nitrogen and oxygen atoms in total. The maximum atomic E-state index is 13.2. The first-order chi connectivity index (χ1) is 18.2. The lowest BCUT2D eigenvalue weighted by Gasteiger charge is -2.41. The second-order valence-electron chi connectivity index (χ2n) is 10.3. The van der Waals surface area contributed by atoms with Crippen LogP contribution in [0.3, 0.4) is 0 Å². The summed E-state index contributed by atoms with van der Waals surface area (Å²) in [5.74, 6) is -1.13. The molecule has 1 aromatic heterocycles. The van der Waals surface area contributed by atoms with Gasteiger partial charge in [-0.3, -0.25) is 14.4 Å². The third-order valence-corrected chi connectivity index (χ3v) is 7.15. The van der Waals surface area contributed by atoms with Crippen LogP contribution in [0, 0.1) is 0 Å². The zero-order valence-corrected chi connectivity index (χ0v) is 22.1. The van der Waals surface area contributed by atoms with Gasteiger partial charge in [-0.1, -0.05) is 11.6 Å². The number of pyridine rings is 1. The van der Waals surface area contributed by atoms with E-state index in [2.05, 4.69) is 15.2 Å². The van der Waals surface area contributed by atoms with Crippen molar-refractivity contribution in [2.45, 2.75) is 69.4 Å². The molecule has 2 aliphatic heterocycles. The average Bonchev–Trinajstić information content (AvgIpc) is 3.13. The highest BCUT2D eigenvalue weighted by atomic mass is 35.5. The molecule has 3 heterocycles. The molecule has 2 aromatic rings. The van der Waals surface area contributed by atoms with Gasteiger partial charge in [0.25, 0.3) is 17.7 Å². The normalized spacial score (nSPS) is 20.9. The van der Waals surface area contributed by atoms with E-state index in [-0.39, 0.29) is 40.9 Å². The number of amides is 3. The number of carbonyl (C=O) groups is 3. The molecule has 2 fully saturated rings. The number of fused-ring (bicyclic) bond motifs is 2. The molecule has 1 aromatic carbocycles. The maximum Gasteiger partial charge on any atom is 0.405 e. The molecule has 2 saturated heterocycles. The third-order valence-electron chi connectivity index (χ3n) is 6.91. The summed E-state index contributed by atoms with van der Waals surface area (Å²) in [4.78, 5) is 43.4. The highest BCUT2D eigenvalue weighted by molar-refractivity contribution is 6.31. The predicted octanol–water partition coefficient (Wildman–Crippen LogP) is 3.60. The number of benzene rings is 1. The van der Waals surface area contributed by atoms with Crippen LogP contribution < -0.4 is 26.0 Å². The van der Waals surface area contributed by atoms with Gasteiger partial charge in [0.05, 0.1) is 11.1 Å². The Hall–Kier alpha value is -3.54. The SMILES string of the molecule is CC(C)(Oc1ccc(Cl)cc1C(N)=O)C(=O)NC1C[C@H]2CC[C@@H](C1)N2c1ccc(C(=O)NCC(F)(F)F)cn1. The Balaban J connectivity index is 1.37. The second-order valence-corrected chi connectivity index (χ2v) is 10.7. The molecular weight excluding hydrogens is 539 g/mol. The zero-order valence-electron chi connectivity index (χ0n) is 21.3. The first-order valence-corrected chi connectivity index (χ1v) is 12.8. The van der Waals surface area contributed by atoms with Crippen LogP contribution in [0.2, 0.25) is 5.02 Å². The van der Waals surface area contributed by atoms with E-state index in [1.807, 2.05) is 5.32 Å². The van der Waals surface area contributed by atoms with Crippen molar-refractivity contribution in [3.05, 3.63) is 52.7 Å². The summed E-state index contributed by atoms with van der Waals surface area (Å²) in [5, 5.41) is 5.21. The molecule has 0 saturated carbocycles. The summed E-state index contributed by atoms with van der Waals surface area (Å²) in [6, 6.07) is 7.57. The molecule has 3 amide bonds. The largest absolute Gasteiger partial charge is 0.477 e. The Morgan fingerprint density at radius 2 is 1.79 bits per heavy atom. The van der Waals surface area contributed by atoms with Gasteiger partial charge < -0.3 is 26.0 Å². The van der Waals surface area contributed by atoms with Crippen molar-refractivity contribution in [1.82, 2.24) is 15.6 Å². The van der Waals surface area contributed by atoms with Gasteiger partial charge in [0.2, 0.25) is 0 Å². The lowest BCUT2D eigenvalue weighted by atomic mass is 9.96. The van der Waals surface area contributed by atoms with E-state index in [1.165, 1.54) is 24.4 Å². The molecule has 4 rings (SSSR count). The second kappa shape index (κ2) is 10.9. The van der Waals surface area contributed by atoms with Crippen molar-refractivity contribution in [3.8, 4) is 5.75 Å². The number of carbonyl (C=O) groups excluding carboxylic acids is 3. The molecular formula is C26H29ClF3N5O4. The lowest BCUT2D eigenvalue weighted by molar-refractivity contribution is -0.135. The standard InChI is InChI=1S/C26H29ClF3N5O4/c1-25(2,39-20-7-4-15(27)9-19(20)22(31)36)24(38)34-16-10-17-5-6-18(11-16)35(17)21-8-3-14(12-32-21)23(37)33-13-26(28,29)30/h3-4,7-9,12,16-18H,5-6,10-11,13H2,1-2H3,(H2,31,36)(H,33,37)(H,34,38)/t16?,17-,18+. The van der Waals surface area contributed by atoms with Gasteiger partial charge in [0, 0.05) is 29.3 Å². The summed E-state index contributed by atoms with van der Waals surface area (Å²) >= 11 is 5.96. The van der Waals surface area contributed by atoms with Crippen LogP contribution in [0.25, 0.3) is 0 Å². The zero-order chi connectivity index (χ0) is 28.5. The fourth-order valence-corrected chi connectivity index (χ4v) is 5.26. The lowest BCUT2D eigenvalue weighted by Crippen LogP contribution is -2.55. The minimum absolute atomic E-state index is 0.0416. The number of primary amides is 1. The van der Waals surface area contributed by atoms with Crippen molar-refractivity contribution >= 4 is 35.1 Å². The Morgan fingerprint density at radius 1 is 1.13 bits per heavy atom. The van der Waals surface area contributed by atoms with Crippen LogP contribution in [0.4, 0.5) is 19.0 Å². The number of nitrogens with one attached hydrogen (secondary N) is 2. The minimum atomic E-state index is -4.49. The predicted molar refractivity (Wildman–Crippen MR) is 138 cm³/mol. The number of piperidine rings is 1. The third kappa shape index (κ3) is 6.73. The van der Waals surface area contributed by atoms with E-state index in [4.69, 9.17) is 22.1 Å². The van der Waals surface area contributed by atoms with E-state index < -0.39 is 30.1 Å². The van der Waals surface area contributed by atoms with Crippen LogP contribution in [0.1, 0.15) is 60.2 Å². The number of alkyl halides is 3. The molecule has 2 bridgehead atoms. The molecule has 0 aliphatic carbocycles. The van der Waals surface area contributed by atoms with Crippen LogP contribution in [-0.2, 0) is 4.79 Å². The summed E-state index contributed by atoms with van der Waals surface area (Å²) in [6.45, 7) is 1.79. The number of hydrogen-bond donors (Lipinski definition) is 3. The molecule has 210 valence electrons. The van der Waals surface area contributed by atoms with Crippen LogP contribution in [0.5, 0.6) is 5.75 Å². The summed E-state index contributed by atoms with van der Waals surface area (Å²) in [6.07, 6.45) is -0.141. The van der Waals surface area contributed by atoms with Crippen LogP contribution in [0.15, 0.2) is 36.5 Å². The molecule has 39 heavy (non-hydrogen) atoms.